The van der Waals surface area contributed by atoms with Crippen LogP contribution in [0, 0.1) is 11.3 Å². The molecule has 0 aromatic carbocycles. The van der Waals surface area contributed by atoms with Crippen molar-refractivity contribution in [3.63, 3.8) is 0 Å². The number of rotatable bonds is 9. The second-order valence-corrected chi connectivity index (χ2v) is 6.19. The van der Waals surface area contributed by atoms with E-state index in [0.29, 0.717) is 5.41 Å². The molecule has 0 heterocycles. The highest BCUT2D eigenvalue weighted by molar-refractivity contribution is 4.87. The normalized spacial score (nSPS) is 19.1. The van der Waals surface area contributed by atoms with E-state index < -0.39 is 0 Å². The molecule has 0 bridgehead atoms. The molecule has 0 atom stereocenters. The van der Waals surface area contributed by atoms with E-state index >= 15 is 0 Å². The van der Waals surface area contributed by atoms with Crippen LogP contribution in [0.1, 0.15) is 59.3 Å². The minimum absolute atomic E-state index is 0.631. The topological polar surface area (TPSA) is 24.1 Å². The summed E-state index contributed by atoms with van der Waals surface area (Å²) in [5.41, 5.74) is 0.631. The van der Waals surface area contributed by atoms with Crippen LogP contribution in [0.25, 0.3) is 0 Å². The van der Waals surface area contributed by atoms with E-state index in [4.69, 9.17) is 0 Å². The highest BCUT2D eigenvalue weighted by Crippen LogP contribution is 2.42. The third-order valence-corrected chi connectivity index (χ3v) is 3.96. The minimum atomic E-state index is 0.631. The SMILES string of the molecule is CCNCCCNCC1(CC(C)C)CCCC1. The molecule has 1 saturated carbocycles. The van der Waals surface area contributed by atoms with Gasteiger partial charge in [0.25, 0.3) is 0 Å². The molecule has 0 unspecified atom stereocenters. The first-order valence-electron chi connectivity index (χ1n) is 7.60. The highest BCUT2D eigenvalue weighted by atomic mass is 14.9. The Morgan fingerprint density at radius 1 is 1.06 bits per heavy atom. The van der Waals surface area contributed by atoms with Crippen molar-refractivity contribution in [2.24, 2.45) is 11.3 Å². The maximum Gasteiger partial charge on any atom is 0.000791 e. The van der Waals surface area contributed by atoms with Crippen LogP contribution in [0.4, 0.5) is 0 Å². The highest BCUT2D eigenvalue weighted by Gasteiger charge is 2.33. The van der Waals surface area contributed by atoms with Gasteiger partial charge in [-0.1, -0.05) is 33.6 Å². The Labute approximate surface area is 108 Å². The molecule has 2 nitrogen and oxygen atoms in total. The predicted molar refractivity (Wildman–Crippen MR) is 76.4 cm³/mol. The van der Waals surface area contributed by atoms with Gasteiger partial charge in [-0.3, -0.25) is 0 Å². The van der Waals surface area contributed by atoms with Crippen molar-refractivity contribution in [1.82, 2.24) is 10.6 Å². The second-order valence-electron chi connectivity index (χ2n) is 6.19. The van der Waals surface area contributed by atoms with Gasteiger partial charge in [0.2, 0.25) is 0 Å². The fourth-order valence-electron chi connectivity index (χ4n) is 3.31. The molecule has 0 saturated heterocycles. The summed E-state index contributed by atoms with van der Waals surface area (Å²) in [6.07, 6.45) is 8.47. The van der Waals surface area contributed by atoms with Gasteiger partial charge in [-0.2, -0.15) is 0 Å². The molecule has 0 amide bonds. The average Bonchev–Trinajstić information content (AvgIpc) is 2.71. The summed E-state index contributed by atoms with van der Waals surface area (Å²) >= 11 is 0. The van der Waals surface area contributed by atoms with Crippen LogP contribution in [0.15, 0.2) is 0 Å². The van der Waals surface area contributed by atoms with Crippen molar-refractivity contribution in [2.75, 3.05) is 26.2 Å². The molecular weight excluding hydrogens is 208 g/mol. The molecule has 102 valence electrons. The third kappa shape index (κ3) is 5.87. The first kappa shape index (κ1) is 15.0. The predicted octanol–water partition coefficient (Wildman–Crippen LogP) is 3.18. The van der Waals surface area contributed by atoms with Gasteiger partial charge in [0.1, 0.15) is 0 Å². The van der Waals surface area contributed by atoms with Gasteiger partial charge in [-0.25, -0.2) is 0 Å². The Hall–Kier alpha value is -0.0800. The van der Waals surface area contributed by atoms with Crippen molar-refractivity contribution >= 4 is 0 Å². The zero-order chi connectivity index (χ0) is 12.6. The van der Waals surface area contributed by atoms with Gasteiger partial charge in [0.05, 0.1) is 0 Å². The molecule has 1 fully saturated rings. The molecule has 0 aliphatic heterocycles. The van der Waals surface area contributed by atoms with E-state index in [1.54, 1.807) is 0 Å². The van der Waals surface area contributed by atoms with E-state index in [1.807, 2.05) is 0 Å². The molecule has 2 heteroatoms. The van der Waals surface area contributed by atoms with Crippen LogP contribution in [-0.2, 0) is 0 Å². The third-order valence-electron chi connectivity index (χ3n) is 3.96. The number of nitrogens with one attached hydrogen (secondary N) is 2. The summed E-state index contributed by atoms with van der Waals surface area (Å²) in [6, 6.07) is 0. The Kier molecular flexibility index (Phi) is 7.14. The molecule has 1 rings (SSSR count). The van der Waals surface area contributed by atoms with E-state index in [9.17, 15) is 0 Å². The lowest BCUT2D eigenvalue weighted by Gasteiger charge is -2.31. The van der Waals surface area contributed by atoms with Gasteiger partial charge in [0.15, 0.2) is 0 Å². The quantitative estimate of drug-likeness (QED) is 0.605. The van der Waals surface area contributed by atoms with Crippen molar-refractivity contribution in [3.05, 3.63) is 0 Å². The lowest BCUT2D eigenvalue weighted by molar-refractivity contribution is 0.224. The van der Waals surface area contributed by atoms with E-state index in [1.165, 1.54) is 51.6 Å². The molecule has 2 N–H and O–H groups in total. The molecule has 0 aromatic rings. The lowest BCUT2D eigenvalue weighted by atomic mass is 9.78. The van der Waals surface area contributed by atoms with Crippen LogP contribution in [0.2, 0.25) is 0 Å². The van der Waals surface area contributed by atoms with Crippen molar-refractivity contribution in [1.29, 1.82) is 0 Å². The Balaban J connectivity index is 2.16. The van der Waals surface area contributed by atoms with Gasteiger partial charge >= 0.3 is 0 Å². The van der Waals surface area contributed by atoms with Gasteiger partial charge in [-0.05, 0) is 56.7 Å². The van der Waals surface area contributed by atoms with Crippen LogP contribution >= 0.6 is 0 Å². The molecular formula is C15H32N2. The van der Waals surface area contributed by atoms with Crippen LogP contribution < -0.4 is 10.6 Å². The fourth-order valence-corrected chi connectivity index (χ4v) is 3.31. The van der Waals surface area contributed by atoms with Crippen molar-refractivity contribution in [3.8, 4) is 0 Å². The summed E-state index contributed by atoms with van der Waals surface area (Å²) < 4.78 is 0. The Morgan fingerprint density at radius 2 is 1.71 bits per heavy atom. The molecule has 0 spiro atoms. The first-order valence-corrected chi connectivity index (χ1v) is 7.60. The van der Waals surface area contributed by atoms with Gasteiger partial charge < -0.3 is 10.6 Å². The number of hydrogen-bond acceptors (Lipinski definition) is 2. The summed E-state index contributed by atoms with van der Waals surface area (Å²) in [4.78, 5) is 0. The molecule has 0 radical (unpaired) electrons. The second kappa shape index (κ2) is 8.10. The zero-order valence-corrected chi connectivity index (χ0v) is 12.1. The van der Waals surface area contributed by atoms with Crippen LogP contribution in [0.3, 0.4) is 0 Å². The molecule has 1 aliphatic rings. The fraction of sp³-hybridized carbons (Fsp3) is 1.00. The summed E-state index contributed by atoms with van der Waals surface area (Å²) in [7, 11) is 0. The molecule has 0 aromatic heterocycles. The van der Waals surface area contributed by atoms with Crippen molar-refractivity contribution < 1.29 is 0 Å². The van der Waals surface area contributed by atoms with Gasteiger partial charge in [-0.15, -0.1) is 0 Å². The van der Waals surface area contributed by atoms with E-state index in [2.05, 4.69) is 31.4 Å². The van der Waals surface area contributed by atoms with Crippen LogP contribution in [-0.4, -0.2) is 26.2 Å². The minimum Gasteiger partial charge on any atom is -0.317 e. The summed E-state index contributed by atoms with van der Waals surface area (Å²) in [5, 5.41) is 7.07. The van der Waals surface area contributed by atoms with Crippen molar-refractivity contribution in [2.45, 2.75) is 59.3 Å². The lowest BCUT2D eigenvalue weighted by Crippen LogP contribution is -2.34. The van der Waals surface area contributed by atoms with E-state index in [-0.39, 0.29) is 0 Å². The average molecular weight is 240 g/mol. The maximum atomic E-state index is 3.69. The first-order chi connectivity index (χ1) is 8.18. The zero-order valence-electron chi connectivity index (χ0n) is 12.1. The monoisotopic (exact) mass is 240 g/mol. The summed E-state index contributed by atoms with van der Waals surface area (Å²) in [5.74, 6) is 0.844. The van der Waals surface area contributed by atoms with Crippen LogP contribution in [0.5, 0.6) is 0 Å². The Bertz CT molecular complexity index is 183. The largest absolute Gasteiger partial charge is 0.317 e. The molecule has 17 heavy (non-hydrogen) atoms. The van der Waals surface area contributed by atoms with E-state index in [0.717, 1.165) is 19.0 Å². The standard InChI is InChI=1S/C15H32N2/c1-4-16-10-7-11-17-13-15(12-14(2)3)8-5-6-9-15/h14,16-17H,4-13H2,1-3H3. The maximum absolute atomic E-state index is 3.69. The van der Waals surface area contributed by atoms with Gasteiger partial charge in [0, 0.05) is 6.54 Å². The molecule has 1 aliphatic carbocycles. The number of hydrogen-bond donors (Lipinski definition) is 2. The smallest absolute Gasteiger partial charge is 0.000791 e. The Morgan fingerprint density at radius 3 is 2.29 bits per heavy atom. The summed E-state index contributed by atoms with van der Waals surface area (Å²) in [6.45, 7) is 11.6.